The van der Waals surface area contributed by atoms with Gasteiger partial charge in [0.2, 0.25) is 5.89 Å². The average Bonchev–Trinajstić information content (AvgIpc) is 3.04. The Morgan fingerprint density at radius 3 is 2.68 bits per heavy atom. The number of carbonyl (C=O) groups excluding carboxylic acids is 1. The molecule has 1 heterocycles. The second-order valence-electron chi connectivity index (χ2n) is 5.20. The molecule has 0 aliphatic heterocycles. The van der Waals surface area contributed by atoms with E-state index in [-0.39, 0.29) is 6.01 Å². The van der Waals surface area contributed by atoms with Crippen molar-refractivity contribution in [3.8, 4) is 0 Å². The SMILES string of the molecule is CCOC(=O)c1ccccc1Nc1nnc(Cc2ccc(Cl)cc2)o1. The van der Waals surface area contributed by atoms with Gasteiger partial charge in [-0.1, -0.05) is 41.0 Å². The molecular formula is C18H16ClN3O3. The highest BCUT2D eigenvalue weighted by Gasteiger charge is 2.14. The molecule has 0 atom stereocenters. The molecule has 0 radical (unpaired) electrons. The molecule has 1 N–H and O–H groups in total. The summed E-state index contributed by atoms with van der Waals surface area (Å²) in [5, 5.41) is 11.6. The number of nitrogens with zero attached hydrogens (tertiary/aromatic N) is 2. The molecule has 2 aromatic carbocycles. The molecule has 0 spiro atoms. The van der Waals surface area contributed by atoms with Crippen molar-refractivity contribution in [2.75, 3.05) is 11.9 Å². The van der Waals surface area contributed by atoms with Gasteiger partial charge in [-0.3, -0.25) is 0 Å². The van der Waals surface area contributed by atoms with Gasteiger partial charge >= 0.3 is 12.0 Å². The number of ether oxygens (including phenoxy) is 1. The van der Waals surface area contributed by atoms with Crippen molar-refractivity contribution in [3.05, 3.63) is 70.6 Å². The standard InChI is InChI=1S/C18H16ClN3O3/c1-2-24-17(23)14-5-3-4-6-15(14)20-18-22-21-16(25-18)11-12-7-9-13(19)10-8-12/h3-10H,2,11H2,1H3,(H,20,22). The van der Waals surface area contributed by atoms with Crippen LogP contribution in [0.5, 0.6) is 0 Å². The molecule has 3 rings (SSSR count). The van der Waals surface area contributed by atoms with Crippen molar-refractivity contribution in [1.29, 1.82) is 0 Å². The first kappa shape index (κ1) is 17.0. The molecule has 0 aliphatic carbocycles. The van der Waals surface area contributed by atoms with Crippen LogP contribution in [0.3, 0.4) is 0 Å². The number of hydrogen-bond acceptors (Lipinski definition) is 6. The minimum absolute atomic E-state index is 0.209. The van der Waals surface area contributed by atoms with E-state index in [0.717, 1.165) is 5.56 Å². The summed E-state index contributed by atoms with van der Waals surface area (Å²) in [6.07, 6.45) is 0.491. The summed E-state index contributed by atoms with van der Waals surface area (Å²) in [7, 11) is 0. The largest absolute Gasteiger partial charge is 0.462 e. The maximum atomic E-state index is 12.0. The van der Waals surface area contributed by atoms with Crippen molar-refractivity contribution in [2.45, 2.75) is 13.3 Å². The minimum Gasteiger partial charge on any atom is -0.462 e. The number of halogens is 1. The van der Waals surface area contributed by atoms with E-state index in [2.05, 4.69) is 15.5 Å². The zero-order valence-electron chi connectivity index (χ0n) is 13.5. The third-order valence-electron chi connectivity index (χ3n) is 3.40. The van der Waals surface area contributed by atoms with Crippen molar-refractivity contribution >= 4 is 29.3 Å². The summed E-state index contributed by atoms with van der Waals surface area (Å²) in [5.41, 5.74) is 1.95. The van der Waals surface area contributed by atoms with Gasteiger partial charge in [-0.25, -0.2) is 4.79 Å². The number of para-hydroxylation sites is 1. The van der Waals surface area contributed by atoms with Crippen LogP contribution in [0, 0.1) is 0 Å². The zero-order chi connectivity index (χ0) is 17.6. The summed E-state index contributed by atoms with van der Waals surface area (Å²) >= 11 is 5.87. The van der Waals surface area contributed by atoms with Crippen molar-refractivity contribution in [3.63, 3.8) is 0 Å². The smallest absolute Gasteiger partial charge is 0.340 e. The molecule has 25 heavy (non-hydrogen) atoms. The van der Waals surface area contributed by atoms with E-state index < -0.39 is 5.97 Å². The van der Waals surface area contributed by atoms with E-state index >= 15 is 0 Å². The Balaban J connectivity index is 1.73. The Morgan fingerprint density at radius 2 is 1.92 bits per heavy atom. The third kappa shape index (κ3) is 4.36. The molecule has 0 bridgehead atoms. The monoisotopic (exact) mass is 357 g/mol. The summed E-state index contributed by atoms with van der Waals surface area (Å²) < 4.78 is 10.6. The van der Waals surface area contributed by atoms with Gasteiger partial charge in [-0.05, 0) is 36.8 Å². The highest BCUT2D eigenvalue weighted by atomic mass is 35.5. The summed E-state index contributed by atoms with van der Waals surface area (Å²) in [6.45, 7) is 2.06. The third-order valence-corrected chi connectivity index (χ3v) is 3.65. The molecule has 6 nitrogen and oxygen atoms in total. The van der Waals surface area contributed by atoms with Gasteiger partial charge in [-0.2, -0.15) is 0 Å². The Kier molecular flexibility index (Phi) is 5.30. The second-order valence-corrected chi connectivity index (χ2v) is 5.63. The molecule has 7 heteroatoms. The van der Waals surface area contributed by atoms with Crippen LogP contribution >= 0.6 is 11.6 Å². The zero-order valence-corrected chi connectivity index (χ0v) is 14.3. The lowest BCUT2D eigenvalue weighted by Crippen LogP contribution is -2.07. The molecule has 1 aromatic heterocycles. The van der Waals surface area contributed by atoms with Gasteiger partial charge in [0.25, 0.3) is 0 Å². The maximum absolute atomic E-state index is 12.0. The lowest BCUT2D eigenvalue weighted by Gasteiger charge is -2.08. The predicted octanol–water partition coefficient (Wildman–Crippen LogP) is 4.23. The molecule has 3 aromatic rings. The van der Waals surface area contributed by atoms with Gasteiger partial charge < -0.3 is 14.5 Å². The van der Waals surface area contributed by atoms with Crippen LogP contribution in [-0.2, 0) is 11.2 Å². The van der Waals surface area contributed by atoms with Crippen molar-refractivity contribution < 1.29 is 13.9 Å². The first-order chi connectivity index (χ1) is 12.2. The number of esters is 1. The Bertz CT molecular complexity index is 862. The fraction of sp³-hybridized carbons (Fsp3) is 0.167. The lowest BCUT2D eigenvalue weighted by molar-refractivity contribution is 0.0527. The van der Waals surface area contributed by atoms with Gasteiger partial charge in [-0.15, -0.1) is 5.10 Å². The lowest BCUT2D eigenvalue weighted by atomic mass is 10.1. The predicted molar refractivity (Wildman–Crippen MR) is 94.2 cm³/mol. The number of benzene rings is 2. The summed E-state index contributed by atoms with van der Waals surface area (Å²) in [4.78, 5) is 12.0. The van der Waals surface area contributed by atoms with Crippen LogP contribution in [0.4, 0.5) is 11.7 Å². The highest BCUT2D eigenvalue weighted by Crippen LogP contribution is 2.22. The van der Waals surface area contributed by atoms with Gasteiger partial charge in [0.1, 0.15) is 0 Å². The first-order valence-electron chi connectivity index (χ1n) is 7.75. The number of aromatic nitrogens is 2. The van der Waals surface area contributed by atoms with Crippen LogP contribution in [0.2, 0.25) is 5.02 Å². The number of carbonyl (C=O) groups is 1. The fourth-order valence-corrected chi connectivity index (χ4v) is 2.37. The Hall–Kier alpha value is -2.86. The van der Waals surface area contributed by atoms with Crippen LogP contribution < -0.4 is 5.32 Å². The van der Waals surface area contributed by atoms with Crippen LogP contribution in [0.1, 0.15) is 28.7 Å². The molecular weight excluding hydrogens is 342 g/mol. The van der Waals surface area contributed by atoms with E-state index in [1.54, 1.807) is 31.2 Å². The number of hydrogen-bond donors (Lipinski definition) is 1. The Labute approximate surface area is 149 Å². The highest BCUT2D eigenvalue weighted by molar-refractivity contribution is 6.30. The molecule has 128 valence electrons. The van der Waals surface area contributed by atoms with Crippen molar-refractivity contribution in [1.82, 2.24) is 10.2 Å². The number of rotatable bonds is 6. The molecule has 0 unspecified atom stereocenters. The quantitative estimate of drug-likeness (QED) is 0.665. The average molecular weight is 358 g/mol. The normalized spacial score (nSPS) is 10.5. The second kappa shape index (κ2) is 7.81. The summed E-state index contributed by atoms with van der Waals surface area (Å²) in [5.74, 6) is 0.0462. The maximum Gasteiger partial charge on any atom is 0.340 e. The molecule has 0 fully saturated rings. The van der Waals surface area contributed by atoms with E-state index in [9.17, 15) is 4.79 Å². The first-order valence-corrected chi connectivity index (χ1v) is 8.13. The minimum atomic E-state index is -0.411. The topological polar surface area (TPSA) is 77.2 Å². The summed E-state index contributed by atoms with van der Waals surface area (Å²) in [6, 6.07) is 14.6. The fourth-order valence-electron chi connectivity index (χ4n) is 2.25. The van der Waals surface area contributed by atoms with Gasteiger partial charge in [0.05, 0.1) is 24.3 Å². The van der Waals surface area contributed by atoms with Crippen LogP contribution in [-0.4, -0.2) is 22.8 Å². The van der Waals surface area contributed by atoms with Crippen LogP contribution in [0.25, 0.3) is 0 Å². The van der Waals surface area contributed by atoms with Gasteiger partial charge in [0, 0.05) is 5.02 Å². The van der Waals surface area contributed by atoms with E-state index in [1.165, 1.54) is 0 Å². The van der Waals surface area contributed by atoms with Crippen molar-refractivity contribution in [2.24, 2.45) is 0 Å². The van der Waals surface area contributed by atoms with E-state index in [0.29, 0.717) is 35.2 Å². The van der Waals surface area contributed by atoms with E-state index in [4.69, 9.17) is 20.8 Å². The van der Waals surface area contributed by atoms with E-state index in [1.807, 2.05) is 24.3 Å². The molecule has 0 saturated heterocycles. The molecule has 0 saturated carbocycles. The molecule has 0 amide bonds. The van der Waals surface area contributed by atoms with Gasteiger partial charge in [0.15, 0.2) is 0 Å². The number of nitrogens with one attached hydrogen (secondary N) is 1. The molecule has 0 aliphatic rings. The van der Waals surface area contributed by atoms with Crippen LogP contribution in [0.15, 0.2) is 52.9 Å². The Morgan fingerprint density at radius 1 is 1.16 bits per heavy atom. The number of anilines is 2.